The van der Waals surface area contributed by atoms with Crippen LogP contribution in [0.25, 0.3) is 22.2 Å². The molecule has 0 spiro atoms. The molecule has 0 unspecified atom stereocenters. The number of anilines is 1. The molecule has 2 aromatic carbocycles. The molecule has 2 aromatic heterocycles. The Bertz CT molecular complexity index is 1710. The first-order chi connectivity index (χ1) is 18.3. The monoisotopic (exact) mass is 599 g/mol. The van der Waals surface area contributed by atoms with Gasteiger partial charge >= 0.3 is 7.82 Å². The number of H-pyrrole nitrogens is 1. The second-order valence-corrected chi connectivity index (χ2v) is 12.0. The number of halogens is 3. The first-order valence-electron chi connectivity index (χ1n) is 11.3. The van der Waals surface area contributed by atoms with Crippen molar-refractivity contribution in [2.24, 2.45) is 0 Å². The number of carbonyl (C=O) groups is 1. The van der Waals surface area contributed by atoms with Crippen molar-refractivity contribution in [3.63, 3.8) is 0 Å². The minimum Gasteiger partial charge on any atom is -0.345 e. The van der Waals surface area contributed by atoms with E-state index in [0.29, 0.717) is 16.7 Å². The van der Waals surface area contributed by atoms with Crippen molar-refractivity contribution in [3.05, 3.63) is 82.6 Å². The van der Waals surface area contributed by atoms with Gasteiger partial charge in [0.05, 0.1) is 17.0 Å². The molecule has 0 atom stereocenters. The number of pyridine rings is 1. The fraction of sp³-hybridized carbons (Fsp3) is 0.167. The summed E-state index contributed by atoms with van der Waals surface area (Å²) < 4.78 is 72.0. The zero-order valence-electron chi connectivity index (χ0n) is 20.1. The average Bonchev–Trinajstić information content (AvgIpc) is 3.28. The number of aromatic amines is 1. The van der Waals surface area contributed by atoms with E-state index in [1.807, 2.05) is 0 Å². The van der Waals surface area contributed by atoms with Crippen LogP contribution in [-0.4, -0.2) is 46.4 Å². The molecule has 15 heteroatoms. The third-order valence-electron chi connectivity index (χ3n) is 5.66. The van der Waals surface area contributed by atoms with E-state index < -0.39 is 59.0 Å². The molecule has 0 bridgehead atoms. The fourth-order valence-corrected chi connectivity index (χ4v) is 5.72. The molecular formula is C24H21ClF2N3O7PS. The van der Waals surface area contributed by atoms with Crippen LogP contribution >= 0.6 is 19.4 Å². The number of phosphoric ester groups is 1. The number of aromatic nitrogens is 2. The number of rotatable bonds is 10. The summed E-state index contributed by atoms with van der Waals surface area (Å²) in [6.45, 7) is 0.239. The van der Waals surface area contributed by atoms with Crippen LogP contribution in [0.15, 0.2) is 54.9 Å². The van der Waals surface area contributed by atoms with Crippen LogP contribution in [0, 0.1) is 11.6 Å². The lowest BCUT2D eigenvalue weighted by molar-refractivity contribution is 0.103. The Balaban J connectivity index is 1.81. The zero-order chi connectivity index (χ0) is 28.5. The van der Waals surface area contributed by atoms with Crippen molar-refractivity contribution in [3.8, 4) is 11.1 Å². The highest BCUT2D eigenvalue weighted by Gasteiger charge is 2.32. The average molecular weight is 600 g/mol. The first kappa shape index (κ1) is 28.8. The number of sulfonamides is 1. The quantitative estimate of drug-likeness (QED) is 0.131. The molecular weight excluding hydrogens is 579 g/mol. The van der Waals surface area contributed by atoms with Crippen LogP contribution < -0.4 is 4.31 Å². The number of nitrogens with zero attached hydrogens (tertiary/aromatic N) is 2. The molecule has 0 fully saturated rings. The minimum absolute atomic E-state index is 0.0711. The van der Waals surface area contributed by atoms with Crippen molar-refractivity contribution in [2.45, 2.75) is 13.3 Å². The van der Waals surface area contributed by atoms with E-state index in [2.05, 4.69) is 14.5 Å². The molecule has 0 saturated carbocycles. The van der Waals surface area contributed by atoms with E-state index in [1.165, 1.54) is 19.3 Å². The summed E-state index contributed by atoms with van der Waals surface area (Å²) in [5.74, 6) is -4.48. The van der Waals surface area contributed by atoms with E-state index >= 15 is 4.39 Å². The Hall–Kier alpha value is -3.19. The van der Waals surface area contributed by atoms with E-state index in [1.54, 1.807) is 30.3 Å². The highest BCUT2D eigenvalue weighted by atomic mass is 35.5. The lowest BCUT2D eigenvalue weighted by Gasteiger charge is -2.25. The van der Waals surface area contributed by atoms with Crippen LogP contribution in [0.5, 0.6) is 0 Å². The number of benzene rings is 2. The Labute approximate surface area is 226 Å². The lowest BCUT2D eigenvalue weighted by Crippen LogP contribution is -2.35. The highest BCUT2D eigenvalue weighted by molar-refractivity contribution is 7.92. The molecule has 2 heterocycles. The van der Waals surface area contributed by atoms with Gasteiger partial charge in [0.2, 0.25) is 15.8 Å². The molecule has 0 aliphatic rings. The molecule has 0 saturated heterocycles. The molecule has 39 heavy (non-hydrogen) atoms. The molecule has 0 amide bonds. The standard InChI is InChI=1S/C24H21ClF2N3O7PS/c1-2-9-39(35,36)30(13-37-38(32,33)34)20-8-7-19(26)21(22(20)27)23(31)18-12-29-24-17(18)10-15(11-28-24)14-3-5-16(25)6-4-14/h3-8,10-12H,2,9,13H2,1H3,(H,28,29)(H2,32,33,34). The second kappa shape index (κ2) is 11.1. The summed E-state index contributed by atoms with van der Waals surface area (Å²) in [5.41, 5.74) is -0.462. The number of fused-ring (bicyclic) bond motifs is 1. The maximum Gasteiger partial charge on any atom is 0.471 e. The van der Waals surface area contributed by atoms with Gasteiger partial charge in [-0.25, -0.2) is 31.1 Å². The summed E-state index contributed by atoms with van der Waals surface area (Å²) in [5, 5.41) is 0.759. The summed E-state index contributed by atoms with van der Waals surface area (Å²) in [7, 11) is -9.56. The summed E-state index contributed by atoms with van der Waals surface area (Å²) in [4.78, 5) is 38.6. The molecule has 4 rings (SSSR count). The predicted octanol–water partition coefficient (Wildman–Crippen LogP) is 5.01. The first-order valence-corrected chi connectivity index (χ1v) is 14.8. The number of hydrogen-bond acceptors (Lipinski definition) is 6. The van der Waals surface area contributed by atoms with Crippen molar-refractivity contribution < 1.29 is 40.9 Å². The number of nitrogens with one attached hydrogen (secondary N) is 1. The number of carbonyl (C=O) groups excluding carboxylic acids is 1. The normalized spacial score (nSPS) is 12.2. The molecule has 0 aliphatic carbocycles. The number of hydrogen-bond donors (Lipinski definition) is 3. The van der Waals surface area contributed by atoms with Gasteiger partial charge in [0.25, 0.3) is 0 Å². The Kier molecular flexibility index (Phi) is 8.22. The summed E-state index contributed by atoms with van der Waals surface area (Å²) >= 11 is 5.94. The largest absolute Gasteiger partial charge is 0.471 e. The molecule has 0 radical (unpaired) electrons. The van der Waals surface area contributed by atoms with Gasteiger partial charge < -0.3 is 14.8 Å². The highest BCUT2D eigenvalue weighted by Crippen LogP contribution is 2.38. The van der Waals surface area contributed by atoms with E-state index in [-0.39, 0.29) is 27.3 Å². The van der Waals surface area contributed by atoms with Gasteiger partial charge in [-0.15, -0.1) is 0 Å². The van der Waals surface area contributed by atoms with Gasteiger partial charge in [-0.1, -0.05) is 30.7 Å². The zero-order valence-corrected chi connectivity index (χ0v) is 22.6. The SMILES string of the molecule is CCCS(=O)(=O)N(COP(=O)(O)O)c1ccc(F)c(C(=O)c2c[nH]c3ncc(-c4ccc(Cl)cc4)cc23)c1F. The van der Waals surface area contributed by atoms with Crippen molar-refractivity contribution in [1.29, 1.82) is 0 Å². The van der Waals surface area contributed by atoms with Gasteiger partial charge in [-0.05, 0) is 42.3 Å². The van der Waals surface area contributed by atoms with E-state index in [9.17, 15) is 22.2 Å². The Morgan fingerprint density at radius 2 is 1.85 bits per heavy atom. The second-order valence-electron chi connectivity index (χ2n) is 8.33. The summed E-state index contributed by atoms with van der Waals surface area (Å²) in [6.07, 6.45) is 2.83. The molecule has 4 aromatic rings. The Morgan fingerprint density at radius 1 is 1.15 bits per heavy atom. The number of ketones is 1. The van der Waals surface area contributed by atoms with Gasteiger partial charge in [-0.3, -0.25) is 9.32 Å². The topological polar surface area (TPSA) is 150 Å². The van der Waals surface area contributed by atoms with E-state index in [0.717, 1.165) is 11.6 Å². The minimum atomic E-state index is -5.17. The maximum atomic E-state index is 15.7. The van der Waals surface area contributed by atoms with Crippen LogP contribution in [0.2, 0.25) is 5.02 Å². The fourth-order valence-electron chi connectivity index (χ4n) is 3.86. The predicted molar refractivity (Wildman–Crippen MR) is 141 cm³/mol. The van der Waals surface area contributed by atoms with Crippen LogP contribution in [0.4, 0.5) is 14.5 Å². The lowest BCUT2D eigenvalue weighted by atomic mass is 9.99. The van der Waals surface area contributed by atoms with Crippen LogP contribution in [0.3, 0.4) is 0 Å². The van der Waals surface area contributed by atoms with Gasteiger partial charge in [0.15, 0.2) is 5.82 Å². The Morgan fingerprint density at radius 3 is 2.49 bits per heavy atom. The molecule has 10 nitrogen and oxygen atoms in total. The summed E-state index contributed by atoms with van der Waals surface area (Å²) in [6, 6.07) is 9.81. The van der Waals surface area contributed by atoms with Crippen LogP contribution in [-0.2, 0) is 19.1 Å². The molecule has 206 valence electrons. The third-order valence-corrected chi connectivity index (χ3v) is 8.26. The van der Waals surface area contributed by atoms with Crippen molar-refractivity contribution in [1.82, 2.24) is 9.97 Å². The third kappa shape index (κ3) is 6.19. The van der Waals surface area contributed by atoms with Crippen molar-refractivity contribution in [2.75, 3.05) is 16.8 Å². The molecule has 3 N–H and O–H groups in total. The molecule has 0 aliphatic heterocycles. The number of phosphoric acid groups is 1. The van der Waals surface area contributed by atoms with E-state index in [4.69, 9.17) is 21.4 Å². The van der Waals surface area contributed by atoms with Gasteiger partial charge in [0.1, 0.15) is 18.2 Å². The van der Waals surface area contributed by atoms with Gasteiger partial charge in [0, 0.05) is 33.9 Å². The van der Waals surface area contributed by atoms with Crippen molar-refractivity contribution >= 4 is 52.0 Å². The maximum absolute atomic E-state index is 15.7. The van der Waals surface area contributed by atoms with Crippen LogP contribution in [0.1, 0.15) is 29.3 Å². The smallest absolute Gasteiger partial charge is 0.345 e. The van der Waals surface area contributed by atoms with Gasteiger partial charge in [-0.2, -0.15) is 0 Å².